The van der Waals surface area contributed by atoms with Crippen LogP contribution in [0.25, 0.3) is 0 Å². The number of carbonyl (C=O) groups excluding carboxylic acids is 1. The first-order chi connectivity index (χ1) is 11.2. The molecule has 0 spiro atoms. The van der Waals surface area contributed by atoms with Gasteiger partial charge in [-0.15, -0.1) is 0 Å². The third kappa shape index (κ3) is 5.92. The lowest BCUT2D eigenvalue weighted by Gasteiger charge is -2.09. The fourth-order valence-electron chi connectivity index (χ4n) is 2.11. The Morgan fingerprint density at radius 1 is 1.17 bits per heavy atom. The zero-order valence-electron chi connectivity index (χ0n) is 13.3. The molecule has 0 amide bonds. The summed E-state index contributed by atoms with van der Waals surface area (Å²) in [5, 5.41) is 0.715. The topological polar surface area (TPSA) is 26.3 Å². The van der Waals surface area contributed by atoms with E-state index in [1.807, 2.05) is 30.3 Å². The lowest BCUT2D eigenvalue weighted by atomic mass is 10.1. The molecule has 0 saturated carbocycles. The molecule has 0 bridgehead atoms. The summed E-state index contributed by atoms with van der Waals surface area (Å²) in [6, 6.07) is 14.1. The van der Waals surface area contributed by atoms with E-state index in [-0.39, 0.29) is 0 Å². The van der Waals surface area contributed by atoms with Gasteiger partial charge in [0.1, 0.15) is 12.0 Å². The molecule has 0 aliphatic heterocycles. The van der Waals surface area contributed by atoms with Crippen molar-refractivity contribution < 1.29 is 9.53 Å². The maximum Gasteiger partial charge on any atom is 0.120 e. The zero-order valence-corrected chi connectivity index (χ0v) is 14.8. The van der Waals surface area contributed by atoms with Gasteiger partial charge < -0.3 is 9.53 Å². The van der Waals surface area contributed by atoms with Crippen molar-refractivity contribution in [2.45, 2.75) is 42.4 Å². The molecular weight excluding hydrogens is 328 g/mol. The van der Waals surface area contributed by atoms with Gasteiger partial charge in [-0.2, -0.15) is 0 Å². The maximum atomic E-state index is 10.5. The second-order valence-electron chi connectivity index (χ2n) is 5.24. The smallest absolute Gasteiger partial charge is 0.120 e. The van der Waals surface area contributed by atoms with Crippen molar-refractivity contribution in [2.75, 3.05) is 6.61 Å². The molecule has 2 aromatic rings. The van der Waals surface area contributed by atoms with Crippen LogP contribution in [0.15, 0.2) is 52.3 Å². The summed E-state index contributed by atoms with van der Waals surface area (Å²) in [6.07, 6.45) is 4.30. The monoisotopic (exact) mass is 348 g/mol. The first-order valence-electron chi connectivity index (χ1n) is 7.85. The summed E-state index contributed by atoms with van der Waals surface area (Å²) in [5.74, 6) is 0.900. The van der Waals surface area contributed by atoms with E-state index in [4.69, 9.17) is 16.3 Å². The van der Waals surface area contributed by atoms with E-state index < -0.39 is 0 Å². The Morgan fingerprint density at radius 2 is 2.00 bits per heavy atom. The number of carbonyl (C=O) groups is 1. The van der Waals surface area contributed by atoms with Crippen molar-refractivity contribution in [3.05, 3.63) is 53.1 Å². The fourth-order valence-corrected chi connectivity index (χ4v) is 3.35. The van der Waals surface area contributed by atoms with Gasteiger partial charge in [0.05, 0.1) is 6.61 Å². The van der Waals surface area contributed by atoms with E-state index in [0.717, 1.165) is 46.8 Å². The van der Waals surface area contributed by atoms with Gasteiger partial charge in [-0.3, -0.25) is 0 Å². The maximum absolute atomic E-state index is 10.5. The van der Waals surface area contributed by atoms with Gasteiger partial charge in [-0.1, -0.05) is 48.8 Å². The van der Waals surface area contributed by atoms with Crippen LogP contribution in [0, 0.1) is 0 Å². The predicted molar refractivity (Wildman–Crippen MR) is 96.8 cm³/mol. The minimum Gasteiger partial charge on any atom is -0.494 e. The van der Waals surface area contributed by atoms with E-state index in [0.29, 0.717) is 17.9 Å². The van der Waals surface area contributed by atoms with Gasteiger partial charge in [-0.25, -0.2) is 0 Å². The SMILES string of the molecule is CCCCOc1cccc(Sc2ccc(CCC=O)c(Cl)c2)c1. The van der Waals surface area contributed by atoms with E-state index in [1.54, 1.807) is 11.8 Å². The molecule has 0 N–H and O–H groups in total. The molecule has 0 atom stereocenters. The summed E-state index contributed by atoms with van der Waals surface area (Å²) in [5.41, 5.74) is 1.01. The van der Waals surface area contributed by atoms with Gasteiger partial charge in [0.25, 0.3) is 0 Å². The molecule has 122 valence electrons. The number of hydrogen-bond acceptors (Lipinski definition) is 3. The van der Waals surface area contributed by atoms with Gasteiger partial charge in [0, 0.05) is 21.2 Å². The Labute approximate surface area is 147 Å². The van der Waals surface area contributed by atoms with Crippen LogP contribution < -0.4 is 4.74 Å². The van der Waals surface area contributed by atoms with Crippen molar-refractivity contribution in [2.24, 2.45) is 0 Å². The number of aryl methyl sites for hydroxylation is 1. The fraction of sp³-hybridized carbons (Fsp3) is 0.316. The number of unbranched alkanes of at least 4 members (excludes halogenated alkanes) is 1. The molecule has 0 saturated heterocycles. The Bertz CT molecular complexity index is 643. The number of halogens is 1. The Morgan fingerprint density at radius 3 is 2.74 bits per heavy atom. The molecule has 23 heavy (non-hydrogen) atoms. The van der Waals surface area contributed by atoms with Crippen molar-refractivity contribution in [3.63, 3.8) is 0 Å². The van der Waals surface area contributed by atoms with Crippen LogP contribution in [0.1, 0.15) is 31.7 Å². The standard InChI is InChI=1S/C19H21ClO2S/c1-2-3-12-22-16-7-4-8-17(13-16)23-18-10-9-15(6-5-11-21)19(20)14-18/h4,7-11,13-14H,2-3,5-6,12H2,1H3. The minimum atomic E-state index is 0.503. The summed E-state index contributed by atoms with van der Waals surface area (Å²) < 4.78 is 5.74. The van der Waals surface area contributed by atoms with Crippen LogP contribution in [0.2, 0.25) is 5.02 Å². The van der Waals surface area contributed by atoms with E-state index in [2.05, 4.69) is 19.1 Å². The Kier molecular flexibility index (Phi) is 7.50. The summed E-state index contributed by atoms with van der Waals surface area (Å²) in [4.78, 5) is 12.7. The van der Waals surface area contributed by atoms with Gasteiger partial charge in [0.15, 0.2) is 0 Å². The van der Waals surface area contributed by atoms with Gasteiger partial charge >= 0.3 is 0 Å². The normalized spacial score (nSPS) is 10.5. The number of benzene rings is 2. The molecule has 0 aliphatic rings. The zero-order chi connectivity index (χ0) is 16.5. The van der Waals surface area contributed by atoms with Crippen LogP contribution in [-0.4, -0.2) is 12.9 Å². The second-order valence-corrected chi connectivity index (χ2v) is 6.79. The highest BCUT2D eigenvalue weighted by molar-refractivity contribution is 7.99. The molecule has 0 aliphatic carbocycles. The summed E-state index contributed by atoms with van der Waals surface area (Å²) in [6.45, 7) is 2.90. The second kappa shape index (κ2) is 9.64. The first-order valence-corrected chi connectivity index (χ1v) is 9.05. The van der Waals surface area contributed by atoms with E-state index in [1.165, 1.54) is 0 Å². The van der Waals surface area contributed by atoms with Crippen LogP contribution in [0.5, 0.6) is 5.75 Å². The van der Waals surface area contributed by atoms with Gasteiger partial charge in [-0.05, 0) is 48.7 Å². The average molecular weight is 349 g/mol. The highest BCUT2D eigenvalue weighted by Crippen LogP contribution is 2.32. The number of ether oxygens (including phenoxy) is 1. The molecule has 0 radical (unpaired) electrons. The molecule has 0 fully saturated rings. The Hall–Kier alpha value is -1.45. The van der Waals surface area contributed by atoms with E-state index in [9.17, 15) is 4.79 Å². The molecular formula is C19H21ClO2S. The number of aldehydes is 1. The van der Waals surface area contributed by atoms with Crippen molar-refractivity contribution in [3.8, 4) is 5.75 Å². The van der Waals surface area contributed by atoms with E-state index >= 15 is 0 Å². The Balaban J connectivity index is 2.02. The van der Waals surface area contributed by atoms with Crippen LogP contribution in [-0.2, 0) is 11.2 Å². The third-order valence-electron chi connectivity index (χ3n) is 3.36. The largest absolute Gasteiger partial charge is 0.494 e. The lowest BCUT2D eigenvalue weighted by molar-refractivity contribution is -0.107. The average Bonchev–Trinajstić information content (AvgIpc) is 2.55. The molecule has 4 heteroatoms. The highest BCUT2D eigenvalue weighted by atomic mass is 35.5. The van der Waals surface area contributed by atoms with Crippen molar-refractivity contribution in [1.29, 1.82) is 0 Å². The van der Waals surface area contributed by atoms with Gasteiger partial charge in [0.2, 0.25) is 0 Å². The van der Waals surface area contributed by atoms with Crippen LogP contribution >= 0.6 is 23.4 Å². The molecule has 2 aromatic carbocycles. The molecule has 0 aromatic heterocycles. The number of hydrogen-bond donors (Lipinski definition) is 0. The predicted octanol–water partition coefficient (Wildman–Crippen LogP) is 5.80. The molecule has 2 rings (SSSR count). The van der Waals surface area contributed by atoms with Crippen molar-refractivity contribution >= 4 is 29.6 Å². The number of rotatable bonds is 9. The summed E-state index contributed by atoms with van der Waals surface area (Å²) >= 11 is 7.95. The van der Waals surface area contributed by atoms with Crippen molar-refractivity contribution in [1.82, 2.24) is 0 Å². The molecule has 0 unspecified atom stereocenters. The highest BCUT2D eigenvalue weighted by Gasteiger charge is 2.05. The molecule has 0 heterocycles. The minimum absolute atomic E-state index is 0.503. The first kappa shape index (κ1) is 17.9. The quantitative estimate of drug-likeness (QED) is 0.423. The van der Waals surface area contributed by atoms with Crippen LogP contribution in [0.4, 0.5) is 0 Å². The molecule has 2 nitrogen and oxygen atoms in total. The lowest BCUT2D eigenvalue weighted by Crippen LogP contribution is -1.96. The summed E-state index contributed by atoms with van der Waals surface area (Å²) in [7, 11) is 0. The third-order valence-corrected chi connectivity index (χ3v) is 4.70. The van der Waals surface area contributed by atoms with Crippen LogP contribution in [0.3, 0.4) is 0 Å².